The van der Waals surface area contributed by atoms with E-state index in [1.165, 1.54) is 19.3 Å². The molecule has 3 fully saturated rings. The second-order valence-corrected chi connectivity index (χ2v) is 8.82. The normalized spacial score (nSPS) is 49.0. The Morgan fingerprint density at radius 2 is 1.90 bits per heavy atom. The van der Waals surface area contributed by atoms with Crippen LogP contribution in [0.25, 0.3) is 0 Å². The van der Waals surface area contributed by atoms with E-state index >= 15 is 0 Å². The van der Waals surface area contributed by atoms with Crippen molar-refractivity contribution in [3.8, 4) is 0 Å². The summed E-state index contributed by atoms with van der Waals surface area (Å²) in [4.78, 5) is 12.8. The van der Waals surface area contributed by atoms with Gasteiger partial charge in [0.15, 0.2) is 0 Å². The first-order valence-corrected chi connectivity index (χ1v) is 8.25. The van der Waals surface area contributed by atoms with E-state index in [0.717, 1.165) is 18.8 Å². The maximum absolute atomic E-state index is 12.8. The van der Waals surface area contributed by atoms with Crippen LogP contribution < -0.4 is 11.1 Å². The molecule has 3 rings (SSSR count). The second kappa shape index (κ2) is 4.22. The van der Waals surface area contributed by atoms with Gasteiger partial charge in [-0.3, -0.25) is 4.79 Å². The molecule has 1 amide bonds. The Hall–Kier alpha value is -0.570. The standard InChI is InChI=1S/C17H30N2O/c1-11-7-17(8-11,10-18)14(20)19-13-15(2,3)12-5-6-16(13,4)9-12/h11-13H,5-10,18H2,1-4H3,(H,19,20). The van der Waals surface area contributed by atoms with Crippen molar-refractivity contribution in [3.05, 3.63) is 0 Å². The van der Waals surface area contributed by atoms with Crippen molar-refractivity contribution in [1.82, 2.24) is 5.32 Å². The largest absolute Gasteiger partial charge is 0.352 e. The summed E-state index contributed by atoms with van der Waals surface area (Å²) < 4.78 is 0. The molecular weight excluding hydrogens is 248 g/mol. The Morgan fingerprint density at radius 3 is 2.35 bits per heavy atom. The number of carbonyl (C=O) groups excluding carboxylic acids is 1. The van der Waals surface area contributed by atoms with Gasteiger partial charge >= 0.3 is 0 Å². The molecule has 0 saturated heterocycles. The van der Waals surface area contributed by atoms with Crippen molar-refractivity contribution < 1.29 is 4.79 Å². The summed E-state index contributed by atoms with van der Waals surface area (Å²) in [5, 5.41) is 3.44. The smallest absolute Gasteiger partial charge is 0.227 e. The van der Waals surface area contributed by atoms with Crippen LogP contribution in [0, 0.1) is 28.1 Å². The first-order valence-electron chi connectivity index (χ1n) is 8.25. The molecule has 0 aromatic heterocycles. The highest BCUT2D eigenvalue weighted by Crippen LogP contribution is 2.62. The van der Waals surface area contributed by atoms with Crippen LogP contribution >= 0.6 is 0 Å². The van der Waals surface area contributed by atoms with Crippen LogP contribution in [0.4, 0.5) is 0 Å². The van der Waals surface area contributed by atoms with E-state index in [1.54, 1.807) is 0 Å². The van der Waals surface area contributed by atoms with E-state index in [-0.39, 0.29) is 16.7 Å². The van der Waals surface area contributed by atoms with E-state index in [4.69, 9.17) is 5.73 Å². The maximum Gasteiger partial charge on any atom is 0.227 e. The molecule has 0 aromatic carbocycles. The predicted octanol–water partition coefficient (Wildman–Crippen LogP) is 2.69. The van der Waals surface area contributed by atoms with Gasteiger partial charge < -0.3 is 11.1 Å². The molecule has 3 N–H and O–H groups in total. The SMILES string of the molecule is CC1CC(CN)(C(=O)NC2C3(C)CCC(C3)C2(C)C)C1. The molecule has 3 nitrogen and oxygen atoms in total. The van der Waals surface area contributed by atoms with Gasteiger partial charge in [-0.1, -0.05) is 27.7 Å². The predicted molar refractivity (Wildman–Crippen MR) is 81.0 cm³/mol. The van der Waals surface area contributed by atoms with Gasteiger partial charge in [0, 0.05) is 12.6 Å². The molecule has 3 aliphatic rings. The van der Waals surface area contributed by atoms with Gasteiger partial charge in [-0.15, -0.1) is 0 Å². The zero-order valence-corrected chi connectivity index (χ0v) is 13.5. The minimum absolute atomic E-state index is 0.227. The molecule has 3 atom stereocenters. The Bertz CT molecular complexity index is 420. The van der Waals surface area contributed by atoms with Crippen molar-refractivity contribution in [3.63, 3.8) is 0 Å². The molecule has 114 valence electrons. The first kappa shape index (κ1) is 14.4. The van der Waals surface area contributed by atoms with Crippen molar-refractivity contribution in [1.29, 1.82) is 0 Å². The van der Waals surface area contributed by atoms with Crippen molar-refractivity contribution >= 4 is 5.91 Å². The molecule has 0 aliphatic heterocycles. The van der Waals surface area contributed by atoms with Crippen LogP contribution in [0.5, 0.6) is 0 Å². The zero-order chi connectivity index (χ0) is 14.8. The zero-order valence-electron chi connectivity index (χ0n) is 13.5. The molecule has 2 bridgehead atoms. The highest BCUT2D eigenvalue weighted by molar-refractivity contribution is 5.84. The summed E-state index contributed by atoms with van der Waals surface area (Å²) in [6, 6.07) is 0.320. The van der Waals surface area contributed by atoms with E-state index in [1.807, 2.05) is 0 Å². The Kier molecular flexibility index (Phi) is 3.03. The summed E-state index contributed by atoms with van der Waals surface area (Å²) in [6.45, 7) is 9.75. The lowest BCUT2D eigenvalue weighted by molar-refractivity contribution is -0.141. The molecule has 0 aromatic rings. The van der Waals surface area contributed by atoms with Crippen LogP contribution in [0.2, 0.25) is 0 Å². The molecule has 0 spiro atoms. The van der Waals surface area contributed by atoms with Gasteiger partial charge in [-0.05, 0) is 54.8 Å². The molecule has 20 heavy (non-hydrogen) atoms. The maximum atomic E-state index is 12.8. The third kappa shape index (κ3) is 1.78. The third-order valence-electron chi connectivity index (χ3n) is 6.90. The number of fused-ring (bicyclic) bond motifs is 2. The van der Waals surface area contributed by atoms with Gasteiger partial charge in [0.2, 0.25) is 5.91 Å². The molecule has 3 saturated carbocycles. The minimum Gasteiger partial charge on any atom is -0.352 e. The molecular formula is C17H30N2O. The van der Waals surface area contributed by atoms with E-state index in [2.05, 4.69) is 33.0 Å². The van der Waals surface area contributed by atoms with Crippen molar-refractivity contribution in [2.45, 2.75) is 65.8 Å². The topological polar surface area (TPSA) is 55.1 Å². The van der Waals surface area contributed by atoms with Crippen LogP contribution in [-0.4, -0.2) is 18.5 Å². The monoisotopic (exact) mass is 278 g/mol. The van der Waals surface area contributed by atoms with Crippen LogP contribution in [-0.2, 0) is 4.79 Å². The number of nitrogens with two attached hydrogens (primary N) is 1. The quantitative estimate of drug-likeness (QED) is 0.834. The first-order chi connectivity index (χ1) is 9.23. The number of nitrogens with one attached hydrogen (secondary N) is 1. The Labute approximate surface area is 123 Å². The summed E-state index contributed by atoms with van der Waals surface area (Å²) >= 11 is 0. The lowest BCUT2D eigenvalue weighted by Crippen LogP contribution is -2.60. The summed E-state index contributed by atoms with van der Waals surface area (Å²) in [5.41, 5.74) is 6.18. The number of hydrogen-bond acceptors (Lipinski definition) is 2. The molecule has 0 heterocycles. The van der Waals surface area contributed by atoms with Gasteiger partial charge in [-0.25, -0.2) is 0 Å². The van der Waals surface area contributed by atoms with Gasteiger partial charge in [0.1, 0.15) is 0 Å². The number of carbonyl (C=O) groups is 1. The highest BCUT2D eigenvalue weighted by atomic mass is 16.2. The number of hydrogen-bond donors (Lipinski definition) is 2. The number of amides is 1. The average molecular weight is 278 g/mol. The van der Waals surface area contributed by atoms with Gasteiger partial charge in [0.25, 0.3) is 0 Å². The van der Waals surface area contributed by atoms with E-state index < -0.39 is 0 Å². The molecule has 3 aliphatic carbocycles. The van der Waals surface area contributed by atoms with Crippen molar-refractivity contribution in [2.75, 3.05) is 6.54 Å². The molecule has 0 radical (unpaired) electrons. The summed E-state index contributed by atoms with van der Waals surface area (Å²) in [7, 11) is 0. The lowest BCUT2D eigenvalue weighted by Gasteiger charge is -2.48. The minimum atomic E-state index is -0.270. The molecule has 3 heteroatoms. The van der Waals surface area contributed by atoms with Gasteiger partial charge in [-0.2, -0.15) is 0 Å². The fourth-order valence-corrected chi connectivity index (χ4v) is 5.67. The van der Waals surface area contributed by atoms with Crippen LogP contribution in [0.1, 0.15) is 59.8 Å². The lowest BCUT2D eigenvalue weighted by atomic mass is 9.61. The van der Waals surface area contributed by atoms with Crippen LogP contribution in [0.15, 0.2) is 0 Å². The third-order valence-corrected chi connectivity index (χ3v) is 6.90. The van der Waals surface area contributed by atoms with Crippen molar-refractivity contribution in [2.24, 2.45) is 33.8 Å². The van der Waals surface area contributed by atoms with E-state index in [9.17, 15) is 4.79 Å². The Morgan fingerprint density at radius 1 is 1.25 bits per heavy atom. The highest BCUT2D eigenvalue weighted by Gasteiger charge is 2.60. The summed E-state index contributed by atoms with van der Waals surface area (Å²) in [6.07, 6.45) is 5.79. The summed E-state index contributed by atoms with van der Waals surface area (Å²) in [5.74, 6) is 1.64. The fraction of sp³-hybridized carbons (Fsp3) is 0.941. The second-order valence-electron chi connectivity index (χ2n) is 8.82. The fourth-order valence-electron chi connectivity index (χ4n) is 5.67. The number of rotatable bonds is 3. The van der Waals surface area contributed by atoms with Gasteiger partial charge in [0.05, 0.1) is 5.41 Å². The molecule has 3 unspecified atom stereocenters. The average Bonchev–Trinajstić information content (AvgIpc) is 2.81. The Balaban J connectivity index is 1.76. The van der Waals surface area contributed by atoms with Crippen LogP contribution in [0.3, 0.4) is 0 Å². The van der Waals surface area contributed by atoms with E-state index in [0.29, 0.717) is 23.9 Å².